The summed E-state index contributed by atoms with van der Waals surface area (Å²) in [6.07, 6.45) is 3.17. The maximum atomic E-state index is 12.5. The van der Waals surface area contributed by atoms with Crippen molar-refractivity contribution in [3.05, 3.63) is 12.4 Å². The third-order valence-corrected chi connectivity index (χ3v) is 5.36. The van der Waals surface area contributed by atoms with Gasteiger partial charge in [-0.3, -0.25) is 9.48 Å². The minimum Gasteiger partial charge on any atom is -0.459 e. The predicted octanol–water partition coefficient (Wildman–Crippen LogP) is -0.794. The highest BCUT2D eigenvalue weighted by molar-refractivity contribution is 7.89. The highest BCUT2D eigenvalue weighted by Gasteiger charge is 2.31. The molecular formula is C13H20N4O5S. The summed E-state index contributed by atoms with van der Waals surface area (Å²) in [5, 5.41) is 3.87. The van der Waals surface area contributed by atoms with Crippen LogP contribution in [0.25, 0.3) is 0 Å². The molecule has 23 heavy (non-hydrogen) atoms. The second kappa shape index (κ2) is 7.09. The SMILES string of the molecule is CCOC(=O)C(=O)N1CCCN(S(=O)(=O)c2cnn(C)c2)CC1. The van der Waals surface area contributed by atoms with E-state index >= 15 is 0 Å². The number of carbonyl (C=O) groups is 2. The van der Waals surface area contributed by atoms with E-state index in [0.29, 0.717) is 13.0 Å². The molecule has 1 aromatic rings. The number of rotatable bonds is 3. The van der Waals surface area contributed by atoms with E-state index in [1.807, 2.05) is 0 Å². The van der Waals surface area contributed by atoms with Crippen LogP contribution in [0.4, 0.5) is 0 Å². The van der Waals surface area contributed by atoms with Crippen LogP contribution >= 0.6 is 0 Å². The van der Waals surface area contributed by atoms with Gasteiger partial charge >= 0.3 is 11.9 Å². The van der Waals surface area contributed by atoms with E-state index < -0.39 is 21.9 Å². The number of sulfonamides is 1. The molecule has 1 aromatic heterocycles. The Hall–Kier alpha value is -1.94. The van der Waals surface area contributed by atoms with Crippen molar-refractivity contribution in [3.63, 3.8) is 0 Å². The largest absolute Gasteiger partial charge is 0.459 e. The van der Waals surface area contributed by atoms with Gasteiger partial charge in [-0.05, 0) is 13.3 Å². The van der Waals surface area contributed by atoms with Crippen molar-refractivity contribution in [2.45, 2.75) is 18.2 Å². The van der Waals surface area contributed by atoms with Crippen molar-refractivity contribution in [1.82, 2.24) is 19.0 Å². The molecule has 0 unspecified atom stereocenters. The molecule has 2 heterocycles. The number of aryl methyl sites for hydroxylation is 1. The van der Waals surface area contributed by atoms with Gasteiger partial charge in [0.1, 0.15) is 4.90 Å². The Morgan fingerprint density at radius 2 is 2.00 bits per heavy atom. The minimum absolute atomic E-state index is 0.116. The number of esters is 1. The molecule has 0 aromatic carbocycles. The number of carbonyl (C=O) groups excluding carboxylic acids is 2. The first-order valence-electron chi connectivity index (χ1n) is 7.31. The number of hydrogen-bond donors (Lipinski definition) is 0. The standard InChI is InChI=1S/C13H20N4O5S/c1-3-22-13(19)12(18)16-5-4-6-17(8-7-16)23(20,21)11-9-14-15(2)10-11/h9-10H,3-8H2,1-2H3. The Morgan fingerprint density at radius 1 is 1.26 bits per heavy atom. The molecule has 0 spiro atoms. The van der Waals surface area contributed by atoms with Crippen molar-refractivity contribution in [2.24, 2.45) is 7.05 Å². The van der Waals surface area contributed by atoms with Crippen LogP contribution in [0.2, 0.25) is 0 Å². The number of amides is 1. The summed E-state index contributed by atoms with van der Waals surface area (Å²) in [4.78, 5) is 24.9. The fourth-order valence-corrected chi connectivity index (χ4v) is 3.80. The van der Waals surface area contributed by atoms with E-state index in [9.17, 15) is 18.0 Å². The van der Waals surface area contributed by atoms with Crippen LogP contribution in [-0.2, 0) is 31.4 Å². The van der Waals surface area contributed by atoms with Crippen molar-refractivity contribution >= 4 is 21.9 Å². The van der Waals surface area contributed by atoms with Gasteiger partial charge in [-0.2, -0.15) is 9.40 Å². The van der Waals surface area contributed by atoms with E-state index in [1.165, 1.54) is 26.3 Å². The second-order valence-electron chi connectivity index (χ2n) is 5.12. The Bertz CT molecular complexity index is 684. The van der Waals surface area contributed by atoms with Gasteiger partial charge in [0, 0.05) is 39.4 Å². The van der Waals surface area contributed by atoms with Crippen LogP contribution in [0, 0.1) is 0 Å². The summed E-state index contributed by atoms with van der Waals surface area (Å²) in [5.74, 6) is -1.64. The Kier molecular flexibility index (Phi) is 5.37. The number of ether oxygens (including phenoxy) is 1. The van der Waals surface area contributed by atoms with Gasteiger partial charge in [0.25, 0.3) is 0 Å². The van der Waals surface area contributed by atoms with Gasteiger partial charge in [-0.25, -0.2) is 13.2 Å². The van der Waals surface area contributed by atoms with Crippen molar-refractivity contribution in [3.8, 4) is 0 Å². The van der Waals surface area contributed by atoms with E-state index in [4.69, 9.17) is 4.74 Å². The summed E-state index contributed by atoms with van der Waals surface area (Å²) < 4.78 is 32.5. The third kappa shape index (κ3) is 3.88. The molecule has 0 aliphatic carbocycles. The molecule has 1 saturated heterocycles. The molecule has 0 saturated carbocycles. The Labute approximate surface area is 134 Å². The van der Waals surface area contributed by atoms with Gasteiger partial charge in [0.15, 0.2) is 0 Å². The average Bonchev–Trinajstić information content (AvgIpc) is 2.81. The molecule has 0 bridgehead atoms. The Balaban J connectivity index is 2.06. The number of aromatic nitrogens is 2. The molecule has 0 N–H and O–H groups in total. The Morgan fingerprint density at radius 3 is 2.61 bits per heavy atom. The normalized spacial score (nSPS) is 16.9. The van der Waals surface area contributed by atoms with Crippen LogP contribution in [-0.4, -0.2) is 72.1 Å². The van der Waals surface area contributed by atoms with Gasteiger partial charge in [-0.1, -0.05) is 0 Å². The van der Waals surface area contributed by atoms with Crippen molar-refractivity contribution in [2.75, 3.05) is 32.8 Å². The zero-order valence-electron chi connectivity index (χ0n) is 13.1. The summed E-state index contributed by atoms with van der Waals surface area (Å²) in [6.45, 7) is 2.62. The molecule has 128 valence electrons. The van der Waals surface area contributed by atoms with Gasteiger partial charge < -0.3 is 9.64 Å². The zero-order chi connectivity index (χ0) is 17.0. The molecule has 1 fully saturated rings. The highest BCUT2D eigenvalue weighted by atomic mass is 32.2. The summed E-state index contributed by atoms with van der Waals surface area (Å²) in [6, 6.07) is 0. The molecule has 0 atom stereocenters. The number of hydrogen-bond acceptors (Lipinski definition) is 6. The molecule has 9 nitrogen and oxygen atoms in total. The van der Waals surface area contributed by atoms with Crippen molar-refractivity contribution < 1.29 is 22.7 Å². The number of nitrogens with zero attached hydrogens (tertiary/aromatic N) is 4. The highest BCUT2D eigenvalue weighted by Crippen LogP contribution is 2.17. The lowest BCUT2D eigenvalue weighted by atomic mass is 10.4. The quantitative estimate of drug-likeness (QED) is 0.526. The van der Waals surface area contributed by atoms with Gasteiger partial charge in [-0.15, -0.1) is 0 Å². The first-order chi connectivity index (χ1) is 10.9. The van der Waals surface area contributed by atoms with E-state index in [1.54, 1.807) is 14.0 Å². The maximum absolute atomic E-state index is 12.5. The third-order valence-electron chi connectivity index (χ3n) is 3.51. The summed E-state index contributed by atoms with van der Waals surface area (Å²) in [5.41, 5.74) is 0. The van der Waals surface area contributed by atoms with Gasteiger partial charge in [0.2, 0.25) is 10.0 Å². The zero-order valence-corrected chi connectivity index (χ0v) is 14.0. The lowest BCUT2D eigenvalue weighted by Gasteiger charge is -2.20. The summed E-state index contributed by atoms with van der Waals surface area (Å²) >= 11 is 0. The molecule has 1 aliphatic rings. The fraction of sp³-hybridized carbons (Fsp3) is 0.615. The minimum atomic E-state index is -3.65. The lowest BCUT2D eigenvalue weighted by Crippen LogP contribution is -2.41. The van der Waals surface area contributed by atoms with Crippen LogP contribution in [0.15, 0.2) is 17.3 Å². The van der Waals surface area contributed by atoms with E-state index in [-0.39, 0.29) is 31.1 Å². The molecule has 1 amide bonds. The fourth-order valence-electron chi connectivity index (χ4n) is 2.34. The first kappa shape index (κ1) is 17.4. The smallest absolute Gasteiger partial charge is 0.397 e. The van der Waals surface area contributed by atoms with Gasteiger partial charge in [0.05, 0.1) is 12.8 Å². The molecular weight excluding hydrogens is 324 g/mol. The first-order valence-corrected chi connectivity index (χ1v) is 8.75. The predicted molar refractivity (Wildman–Crippen MR) is 79.8 cm³/mol. The second-order valence-corrected chi connectivity index (χ2v) is 7.06. The van der Waals surface area contributed by atoms with E-state index in [2.05, 4.69) is 5.10 Å². The summed E-state index contributed by atoms with van der Waals surface area (Å²) in [7, 11) is -2.01. The maximum Gasteiger partial charge on any atom is 0.397 e. The topological polar surface area (TPSA) is 102 Å². The molecule has 2 rings (SSSR count). The molecule has 1 aliphatic heterocycles. The van der Waals surface area contributed by atoms with Crippen LogP contribution in [0.1, 0.15) is 13.3 Å². The van der Waals surface area contributed by atoms with Crippen molar-refractivity contribution in [1.29, 1.82) is 0 Å². The van der Waals surface area contributed by atoms with Crippen LogP contribution in [0.3, 0.4) is 0 Å². The van der Waals surface area contributed by atoms with Crippen LogP contribution < -0.4 is 0 Å². The average molecular weight is 344 g/mol. The monoisotopic (exact) mass is 344 g/mol. The van der Waals surface area contributed by atoms with Crippen LogP contribution in [0.5, 0.6) is 0 Å². The lowest BCUT2D eigenvalue weighted by molar-refractivity contribution is -0.159. The van der Waals surface area contributed by atoms with E-state index in [0.717, 1.165) is 0 Å². The molecule has 10 heteroatoms. The molecule has 0 radical (unpaired) electrons.